The van der Waals surface area contributed by atoms with E-state index in [9.17, 15) is 13.2 Å². The normalized spacial score (nSPS) is 11.2. The third-order valence-electron chi connectivity index (χ3n) is 4.24. The number of aromatic nitrogens is 4. The molecule has 30 heavy (non-hydrogen) atoms. The Balaban J connectivity index is 1.65. The minimum Gasteiger partial charge on any atom is -0.324 e. The lowest BCUT2D eigenvalue weighted by atomic mass is 10.2. The van der Waals surface area contributed by atoms with E-state index < -0.39 is 10.0 Å². The van der Waals surface area contributed by atoms with Gasteiger partial charge in [-0.25, -0.2) is 18.4 Å². The summed E-state index contributed by atoms with van der Waals surface area (Å²) in [5.41, 5.74) is 3.41. The molecule has 0 aliphatic rings. The highest BCUT2D eigenvalue weighted by atomic mass is 32.2. The first-order valence-corrected chi connectivity index (χ1v) is 10.9. The van der Waals surface area contributed by atoms with Gasteiger partial charge in [-0.1, -0.05) is 13.0 Å². The average molecular weight is 430 g/mol. The molecule has 10 nitrogen and oxygen atoms in total. The zero-order valence-corrected chi connectivity index (χ0v) is 17.7. The van der Waals surface area contributed by atoms with Gasteiger partial charge in [0.25, 0.3) is 5.91 Å². The zero-order chi connectivity index (χ0) is 21.7. The second-order valence-corrected chi connectivity index (χ2v) is 8.54. The number of hydrogen-bond acceptors (Lipinski definition) is 7. The molecule has 0 saturated carbocycles. The molecule has 0 unspecified atom stereocenters. The SMILES string of the molecule is CCCS(=O)(=O)Nc1cccc(Nc2ncc(NC(=O)c3n[nH]c(C)c3C)cn2)c1. The molecular weight excluding hydrogens is 406 g/mol. The second-order valence-electron chi connectivity index (χ2n) is 6.70. The summed E-state index contributed by atoms with van der Waals surface area (Å²) in [6, 6.07) is 6.79. The summed E-state index contributed by atoms with van der Waals surface area (Å²) in [4.78, 5) is 20.7. The third-order valence-corrected chi connectivity index (χ3v) is 5.74. The number of carbonyl (C=O) groups excluding carboxylic acids is 1. The molecular formula is C19H23N7O3S. The number of hydrogen-bond donors (Lipinski definition) is 4. The fourth-order valence-electron chi connectivity index (χ4n) is 2.64. The smallest absolute Gasteiger partial charge is 0.276 e. The fourth-order valence-corrected chi connectivity index (χ4v) is 3.77. The van der Waals surface area contributed by atoms with Gasteiger partial charge in [-0.3, -0.25) is 14.6 Å². The molecule has 0 aliphatic carbocycles. The van der Waals surface area contributed by atoms with Gasteiger partial charge in [0.15, 0.2) is 5.69 Å². The lowest BCUT2D eigenvalue weighted by molar-refractivity contribution is 0.102. The number of sulfonamides is 1. The topological polar surface area (TPSA) is 142 Å². The zero-order valence-electron chi connectivity index (χ0n) is 16.9. The van der Waals surface area contributed by atoms with Crippen molar-refractivity contribution < 1.29 is 13.2 Å². The summed E-state index contributed by atoms with van der Waals surface area (Å²) < 4.78 is 26.4. The predicted molar refractivity (Wildman–Crippen MR) is 115 cm³/mol. The molecule has 0 bridgehead atoms. The third kappa shape index (κ3) is 5.32. The quantitative estimate of drug-likeness (QED) is 0.431. The Labute approximate surface area is 174 Å². The Morgan fingerprint density at radius 2 is 1.80 bits per heavy atom. The van der Waals surface area contributed by atoms with Crippen LogP contribution in [-0.4, -0.2) is 40.2 Å². The predicted octanol–water partition coefficient (Wildman–Crippen LogP) is 2.96. The Kier molecular flexibility index (Phi) is 6.31. The summed E-state index contributed by atoms with van der Waals surface area (Å²) >= 11 is 0. The molecule has 0 saturated heterocycles. The van der Waals surface area contributed by atoms with Gasteiger partial charge in [-0.15, -0.1) is 0 Å². The van der Waals surface area contributed by atoms with Crippen molar-refractivity contribution in [2.45, 2.75) is 27.2 Å². The molecule has 2 heterocycles. The Hall–Kier alpha value is -3.47. The molecule has 11 heteroatoms. The Morgan fingerprint density at radius 1 is 1.10 bits per heavy atom. The minimum atomic E-state index is -3.37. The average Bonchev–Trinajstić information content (AvgIpc) is 3.02. The van der Waals surface area contributed by atoms with Gasteiger partial charge in [0.1, 0.15) is 0 Å². The molecule has 0 fully saturated rings. The van der Waals surface area contributed by atoms with Crippen molar-refractivity contribution in [3.63, 3.8) is 0 Å². The number of carbonyl (C=O) groups is 1. The standard InChI is InChI=1S/C19H23N7O3S/c1-4-8-30(28,29)26-15-7-5-6-14(9-15)23-19-20-10-16(11-21-19)22-18(27)17-12(2)13(3)24-25-17/h5-7,9-11,26H,4,8H2,1-3H3,(H,22,27)(H,24,25)(H,20,21,23). The number of aromatic amines is 1. The number of rotatable bonds is 8. The number of benzene rings is 1. The van der Waals surface area contributed by atoms with Crippen LogP contribution < -0.4 is 15.4 Å². The lowest BCUT2D eigenvalue weighted by Crippen LogP contribution is -2.16. The van der Waals surface area contributed by atoms with Crippen LogP contribution in [0.3, 0.4) is 0 Å². The van der Waals surface area contributed by atoms with Crippen LogP contribution in [0, 0.1) is 13.8 Å². The maximum Gasteiger partial charge on any atom is 0.276 e. The van der Waals surface area contributed by atoms with Crippen LogP contribution in [-0.2, 0) is 10.0 Å². The number of H-pyrrole nitrogens is 1. The number of aryl methyl sites for hydroxylation is 1. The van der Waals surface area contributed by atoms with Gasteiger partial charge in [-0.2, -0.15) is 5.10 Å². The molecule has 3 aromatic rings. The molecule has 1 amide bonds. The molecule has 0 atom stereocenters. The van der Waals surface area contributed by atoms with E-state index in [-0.39, 0.29) is 11.7 Å². The van der Waals surface area contributed by atoms with Crippen LogP contribution in [0.4, 0.5) is 23.0 Å². The van der Waals surface area contributed by atoms with Gasteiger partial charge >= 0.3 is 0 Å². The maximum atomic E-state index is 12.3. The van der Waals surface area contributed by atoms with Crippen molar-refractivity contribution in [2.24, 2.45) is 0 Å². The van der Waals surface area contributed by atoms with E-state index in [4.69, 9.17) is 0 Å². The van der Waals surface area contributed by atoms with Crippen LogP contribution in [0.1, 0.15) is 35.1 Å². The van der Waals surface area contributed by atoms with Gasteiger partial charge in [0.05, 0.1) is 29.5 Å². The Morgan fingerprint density at radius 3 is 2.43 bits per heavy atom. The minimum absolute atomic E-state index is 0.0539. The fraction of sp³-hybridized carbons (Fsp3) is 0.263. The first-order chi connectivity index (χ1) is 14.3. The van der Waals surface area contributed by atoms with Crippen molar-refractivity contribution >= 4 is 38.9 Å². The van der Waals surface area contributed by atoms with Crippen LogP contribution in [0.25, 0.3) is 0 Å². The van der Waals surface area contributed by atoms with Crippen molar-refractivity contribution in [3.05, 3.63) is 53.6 Å². The first kappa shape index (κ1) is 21.2. The van der Waals surface area contributed by atoms with E-state index in [1.54, 1.807) is 31.2 Å². The van der Waals surface area contributed by atoms with Crippen LogP contribution in [0.15, 0.2) is 36.7 Å². The summed E-state index contributed by atoms with van der Waals surface area (Å²) in [5, 5.41) is 12.5. The number of anilines is 4. The molecule has 0 radical (unpaired) electrons. The number of nitrogens with zero attached hydrogens (tertiary/aromatic N) is 3. The second kappa shape index (κ2) is 8.91. The van der Waals surface area contributed by atoms with E-state index in [0.717, 1.165) is 11.3 Å². The van der Waals surface area contributed by atoms with Gasteiger partial charge in [0, 0.05) is 16.9 Å². The summed E-state index contributed by atoms with van der Waals surface area (Å²) in [6.45, 7) is 5.46. The summed E-state index contributed by atoms with van der Waals surface area (Å²) in [6.07, 6.45) is 3.47. The van der Waals surface area contributed by atoms with Crippen molar-refractivity contribution in [1.82, 2.24) is 20.2 Å². The van der Waals surface area contributed by atoms with E-state index in [1.807, 2.05) is 13.8 Å². The van der Waals surface area contributed by atoms with E-state index in [0.29, 0.717) is 35.1 Å². The van der Waals surface area contributed by atoms with Gasteiger partial charge in [-0.05, 0) is 38.5 Å². The summed E-state index contributed by atoms with van der Waals surface area (Å²) in [5.74, 6) is -0.000202. The highest BCUT2D eigenvalue weighted by molar-refractivity contribution is 7.92. The van der Waals surface area contributed by atoms with Gasteiger partial charge < -0.3 is 10.6 Å². The van der Waals surface area contributed by atoms with Crippen LogP contribution in [0.2, 0.25) is 0 Å². The molecule has 2 aromatic heterocycles. The lowest BCUT2D eigenvalue weighted by Gasteiger charge is -2.10. The van der Waals surface area contributed by atoms with Crippen molar-refractivity contribution in [2.75, 3.05) is 21.1 Å². The highest BCUT2D eigenvalue weighted by Crippen LogP contribution is 2.20. The van der Waals surface area contributed by atoms with Crippen LogP contribution in [0.5, 0.6) is 0 Å². The maximum absolute atomic E-state index is 12.3. The Bertz CT molecular complexity index is 1140. The summed E-state index contributed by atoms with van der Waals surface area (Å²) in [7, 11) is -3.37. The van der Waals surface area contributed by atoms with E-state index >= 15 is 0 Å². The largest absolute Gasteiger partial charge is 0.324 e. The molecule has 4 N–H and O–H groups in total. The first-order valence-electron chi connectivity index (χ1n) is 9.30. The van der Waals surface area contributed by atoms with E-state index in [2.05, 4.69) is 35.5 Å². The number of amides is 1. The highest BCUT2D eigenvalue weighted by Gasteiger charge is 2.15. The molecule has 3 rings (SSSR count). The monoisotopic (exact) mass is 429 g/mol. The van der Waals surface area contributed by atoms with Crippen molar-refractivity contribution in [3.8, 4) is 0 Å². The molecule has 158 valence electrons. The molecule has 1 aromatic carbocycles. The molecule has 0 spiro atoms. The molecule has 0 aliphatic heterocycles. The van der Waals surface area contributed by atoms with E-state index in [1.165, 1.54) is 12.4 Å². The van der Waals surface area contributed by atoms with Crippen molar-refractivity contribution in [1.29, 1.82) is 0 Å². The number of nitrogens with one attached hydrogen (secondary N) is 4. The van der Waals surface area contributed by atoms with Crippen LogP contribution >= 0.6 is 0 Å². The van der Waals surface area contributed by atoms with Gasteiger partial charge in [0.2, 0.25) is 16.0 Å².